The quantitative estimate of drug-likeness (QED) is 0.0228. The van der Waals surface area contributed by atoms with Crippen molar-refractivity contribution in [1.29, 1.82) is 0 Å². The van der Waals surface area contributed by atoms with Crippen molar-refractivity contribution in [2.24, 2.45) is 0 Å². The van der Waals surface area contributed by atoms with E-state index < -0.39 is 67.3 Å². The number of carboxylic acid groups (broad SMARTS) is 1. The Morgan fingerprint density at radius 3 is 1.25 bits per heavy atom. The maximum absolute atomic E-state index is 13.1. The number of aliphatic carboxylic acids is 1. The zero-order valence-corrected chi connectivity index (χ0v) is 50.5. The van der Waals surface area contributed by atoms with Crippen molar-refractivity contribution in [1.82, 2.24) is 0 Å². The molecule has 0 aromatic carbocycles. The summed E-state index contributed by atoms with van der Waals surface area (Å²) in [6.45, 7) is 5.66. The molecule has 0 amide bonds. The van der Waals surface area contributed by atoms with Crippen LogP contribution in [0, 0.1) is 0 Å². The zero-order valence-electron chi connectivity index (χ0n) is 50.5. The van der Waals surface area contributed by atoms with Crippen molar-refractivity contribution in [3.63, 3.8) is 0 Å². The third-order valence-electron chi connectivity index (χ3n) is 13.5. The van der Waals surface area contributed by atoms with E-state index in [-0.39, 0.29) is 25.9 Å². The number of hydrogen-bond acceptors (Lipinski definition) is 11. The van der Waals surface area contributed by atoms with Gasteiger partial charge in [-0.15, -0.1) is 0 Å². The summed E-state index contributed by atoms with van der Waals surface area (Å²) >= 11 is 0. The average molecular weight is 1130 g/mol. The number of allylic oxidation sites excluding steroid dienone is 19. The second-order valence-corrected chi connectivity index (χ2v) is 20.9. The first-order valence-corrected chi connectivity index (χ1v) is 31.5. The van der Waals surface area contributed by atoms with Gasteiger partial charge in [-0.1, -0.05) is 232 Å². The number of hydrogen-bond donors (Lipinski definition) is 3. The van der Waals surface area contributed by atoms with Gasteiger partial charge >= 0.3 is 23.9 Å². The number of unbranched alkanes of at least 4 members (excludes halogenated alkanes) is 19. The fourth-order valence-corrected chi connectivity index (χ4v) is 8.78. The number of carbonyl (C=O) groups excluding carboxylic acids is 3. The highest BCUT2D eigenvalue weighted by atomic mass is 16.7. The SMILES string of the molecule is CC/C=C\C/C=C\C/C=C\C/C=C\C/C=C\CC(=O)OC(COC(=O)CCCCCCCCCCC/C=C\C/C=C\CCCCC)COC1OC(C(=O)O)C(O)C(O)C1OC(=O)CCCCCCCCC/C=C\C/C=C\C/C=C\CC. The lowest BCUT2D eigenvalue weighted by atomic mass is 9.98. The molecule has 6 unspecified atom stereocenters. The van der Waals surface area contributed by atoms with Crippen LogP contribution >= 0.6 is 0 Å². The smallest absolute Gasteiger partial charge is 0.335 e. The molecule has 0 bridgehead atoms. The maximum Gasteiger partial charge on any atom is 0.335 e. The van der Waals surface area contributed by atoms with E-state index in [0.29, 0.717) is 19.3 Å². The summed E-state index contributed by atoms with van der Waals surface area (Å²) in [4.78, 5) is 51.2. The molecule has 12 nitrogen and oxygen atoms in total. The molecule has 0 aromatic rings. The minimum absolute atomic E-state index is 0.0325. The van der Waals surface area contributed by atoms with E-state index >= 15 is 0 Å². The van der Waals surface area contributed by atoms with Crippen LogP contribution in [-0.4, -0.2) is 89.2 Å². The normalized spacial score (nSPS) is 18.6. The zero-order chi connectivity index (χ0) is 58.9. The summed E-state index contributed by atoms with van der Waals surface area (Å²) < 4.78 is 28.4. The first kappa shape index (κ1) is 74.1. The highest BCUT2D eigenvalue weighted by molar-refractivity contribution is 5.74. The van der Waals surface area contributed by atoms with Crippen LogP contribution in [-0.2, 0) is 42.9 Å². The van der Waals surface area contributed by atoms with Gasteiger partial charge in [-0.25, -0.2) is 4.79 Å². The number of carbonyl (C=O) groups is 4. The molecule has 1 fully saturated rings. The number of aliphatic hydroxyl groups excluding tert-OH is 2. The van der Waals surface area contributed by atoms with E-state index in [4.69, 9.17) is 23.7 Å². The van der Waals surface area contributed by atoms with Crippen molar-refractivity contribution < 1.29 is 58.2 Å². The van der Waals surface area contributed by atoms with Crippen molar-refractivity contribution >= 4 is 23.9 Å². The molecule has 1 saturated heterocycles. The Kier molecular flexibility index (Phi) is 50.9. The van der Waals surface area contributed by atoms with Crippen LogP contribution in [0.25, 0.3) is 0 Å². The topological polar surface area (TPSA) is 175 Å². The van der Waals surface area contributed by atoms with Gasteiger partial charge in [0.25, 0.3) is 0 Å². The van der Waals surface area contributed by atoms with Gasteiger partial charge in [0.2, 0.25) is 0 Å². The number of aliphatic hydroxyl groups is 2. The predicted molar refractivity (Wildman–Crippen MR) is 330 cm³/mol. The van der Waals surface area contributed by atoms with Gasteiger partial charge in [-0.05, 0) is 109 Å². The number of rotatable bonds is 52. The summed E-state index contributed by atoms with van der Waals surface area (Å²) in [6.07, 6.45) is 64.7. The monoisotopic (exact) mass is 1130 g/mol. The van der Waals surface area contributed by atoms with Crippen molar-refractivity contribution in [3.05, 3.63) is 122 Å². The van der Waals surface area contributed by atoms with Crippen LogP contribution in [0.5, 0.6) is 0 Å². The molecular formula is C69H110O12. The standard InChI is InChI=1S/C69H110O12/c1-4-7-10-13-16-19-22-25-28-30-31-33-35-37-40-43-46-49-52-55-61(70)77-58-60(79-62(71)56-53-50-47-44-41-38-34-27-24-21-18-15-12-9-6-3)59-78-69-67(65(74)64(73)66(81-69)68(75)76)80-63(72)57-54-51-48-45-42-39-36-32-29-26-23-20-17-14-11-8-5-2/h8-9,11-12,16-21,25-29,34,41,44,50,53,60,64-67,69,73-74H,4-7,10,13-15,22-24,30-33,35-40,42-43,45-49,51-52,54-59H2,1-3H3,(H,75,76)/b11-8-,12-9-,19-16-,20-17-,21-18-,28-25-,29-26-,34-27-,44-41-,53-50-. The Morgan fingerprint density at radius 1 is 0.432 bits per heavy atom. The van der Waals surface area contributed by atoms with Crippen LogP contribution < -0.4 is 0 Å². The van der Waals surface area contributed by atoms with Gasteiger partial charge in [0.05, 0.1) is 13.0 Å². The summed E-state index contributed by atoms with van der Waals surface area (Å²) in [5, 5.41) is 31.6. The van der Waals surface area contributed by atoms with E-state index in [1.54, 1.807) is 6.08 Å². The van der Waals surface area contributed by atoms with Crippen LogP contribution in [0.3, 0.4) is 0 Å². The lowest BCUT2D eigenvalue weighted by molar-refractivity contribution is -0.301. The average Bonchev–Trinajstić information content (AvgIpc) is 3.53. The first-order valence-electron chi connectivity index (χ1n) is 31.5. The third-order valence-corrected chi connectivity index (χ3v) is 13.5. The number of carboxylic acids is 1. The van der Waals surface area contributed by atoms with Gasteiger partial charge in [0.15, 0.2) is 24.6 Å². The van der Waals surface area contributed by atoms with Crippen molar-refractivity contribution in [3.8, 4) is 0 Å². The molecule has 1 aliphatic heterocycles. The Morgan fingerprint density at radius 2 is 0.815 bits per heavy atom. The molecule has 0 aliphatic carbocycles. The Bertz CT molecular complexity index is 1870. The Labute approximate surface area is 490 Å². The number of ether oxygens (including phenoxy) is 5. The van der Waals surface area contributed by atoms with Crippen LogP contribution in [0.4, 0.5) is 0 Å². The second kappa shape index (κ2) is 55.6. The third kappa shape index (κ3) is 45.3. The molecule has 458 valence electrons. The minimum atomic E-state index is -1.93. The van der Waals surface area contributed by atoms with Crippen molar-refractivity contribution in [2.75, 3.05) is 13.2 Å². The molecule has 1 aliphatic rings. The summed E-state index contributed by atoms with van der Waals surface area (Å²) in [7, 11) is 0. The fourth-order valence-electron chi connectivity index (χ4n) is 8.78. The van der Waals surface area contributed by atoms with E-state index in [1.807, 2.05) is 18.2 Å². The lowest BCUT2D eigenvalue weighted by Gasteiger charge is -2.40. The largest absolute Gasteiger partial charge is 0.479 e. The summed E-state index contributed by atoms with van der Waals surface area (Å²) in [5.41, 5.74) is 0. The van der Waals surface area contributed by atoms with Gasteiger partial charge in [0, 0.05) is 12.8 Å². The highest BCUT2D eigenvalue weighted by Crippen LogP contribution is 2.26. The second-order valence-electron chi connectivity index (χ2n) is 20.9. The van der Waals surface area contributed by atoms with Gasteiger partial charge in [-0.2, -0.15) is 0 Å². The molecule has 1 heterocycles. The van der Waals surface area contributed by atoms with Crippen LogP contribution in [0.15, 0.2) is 122 Å². The molecule has 0 spiro atoms. The Balaban J connectivity index is 2.72. The van der Waals surface area contributed by atoms with E-state index in [0.717, 1.165) is 122 Å². The van der Waals surface area contributed by atoms with Gasteiger partial charge < -0.3 is 39.0 Å². The molecule has 0 saturated carbocycles. The molecule has 3 N–H and O–H groups in total. The summed E-state index contributed by atoms with van der Waals surface area (Å²) in [6, 6.07) is 0. The van der Waals surface area contributed by atoms with Crippen LogP contribution in [0.1, 0.15) is 239 Å². The fraction of sp³-hybridized carbons (Fsp3) is 0.652. The first-order chi connectivity index (χ1) is 39.6. The molecule has 1 rings (SSSR count). The molecule has 0 radical (unpaired) electrons. The van der Waals surface area contributed by atoms with Crippen molar-refractivity contribution in [2.45, 2.75) is 276 Å². The van der Waals surface area contributed by atoms with Gasteiger partial charge in [-0.3, -0.25) is 14.4 Å². The molecule has 6 atom stereocenters. The molecule has 12 heteroatoms. The van der Waals surface area contributed by atoms with Gasteiger partial charge in [0.1, 0.15) is 18.8 Å². The highest BCUT2D eigenvalue weighted by Gasteiger charge is 2.50. The number of esters is 3. The summed E-state index contributed by atoms with van der Waals surface area (Å²) in [5.74, 6) is -3.32. The predicted octanol–water partition coefficient (Wildman–Crippen LogP) is 16.8. The lowest BCUT2D eigenvalue weighted by Crippen LogP contribution is -2.61. The van der Waals surface area contributed by atoms with Crippen LogP contribution in [0.2, 0.25) is 0 Å². The minimum Gasteiger partial charge on any atom is -0.479 e. The molecule has 0 aromatic heterocycles. The maximum atomic E-state index is 13.1. The molecular weight excluding hydrogens is 1020 g/mol. The molecule has 81 heavy (non-hydrogen) atoms. The van der Waals surface area contributed by atoms with E-state index in [1.165, 1.54) is 57.8 Å². The van der Waals surface area contributed by atoms with E-state index in [9.17, 15) is 34.5 Å². The van der Waals surface area contributed by atoms with E-state index in [2.05, 4.69) is 118 Å². The Hall–Kier alpha value is -4.88.